The third-order valence-electron chi connectivity index (χ3n) is 3.63. The fourth-order valence-corrected chi connectivity index (χ4v) is 3.25. The van der Waals surface area contributed by atoms with E-state index in [1.54, 1.807) is 30.3 Å². The fraction of sp³-hybridized carbons (Fsp3) is 0.0556. The molecule has 0 radical (unpaired) electrons. The van der Waals surface area contributed by atoms with Gasteiger partial charge in [0, 0.05) is 6.08 Å². The Morgan fingerprint density at radius 1 is 1.12 bits per heavy atom. The summed E-state index contributed by atoms with van der Waals surface area (Å²) in [6, 6.07) is 14.6. The van der Waals surface area contributed by atoms with Crippen LogP contribution >= 0.6 is 11.3 Å². The molecule has 128 valence electrons. The van der Waals surface area contributed by atoms with E-state index in [9.17, 15) is 9.59 Å². The molecule has 2 aromatic carbocycles. The molecule has 4 aromatic rings. The number of para-hydroxylation sites is 1. The van der Waals surface area contributed by atoms with E-state index >= 15 is 0 Å². The summed E-state index contributed by atoms with van der Waals surface area (Å²) in [6.45, 7) is -0.306. The maximum Gasteiger partial charge on any atom is 0.332 e. The molecule has 0 bridgehead atoms. The second-order valence-corrected chi connectivity index (χ2v) is 6.42. The largest absolute Gasteiger partial charge is 0.439 e. The van der Waals surface area contributed by atoms with E-state index in [-0.39, 0.29) is 12.3 Å². The van der Waals surface area contributed by atoms with Crippen molar-refractivity contribution < 1.29 is 9.53 Å². The molecule has 4 rings (SSSR count). The zero-order valence-corrected chi connectivity index (χ0v) is 14.2. The normalized spacial score (nSPS) is 11.4. The summed E-state index contributed by atoms with van der Waals surface area (Å²) in [5.74, 6) is -0.592. The molecule has 0 aliphatic carbocycles. The van der Waals surface area contributed by atoms with Crippen LogP contribution < -0.4 is 5.56 Å². The van der Waals surface area contributed by atoms with Crippen LogP contribution in [0.4, 0.5) is 0 Å². The lowest BCUT2D eigenvalue weighted by molar-refractivity contribution is -0.141. The van der Waals surface area contributed by atoms with E-state index in [0.29, 0.717) is 15.9 Å². The number of hydrogen-bond donors (Lipinski definition) is 0. The Bertz CT molecular complexity index is 1160. The van der Waals surface area contributed by atoms with Crippen molar-refractivity contribution in [3.63, 3.8) is 0 Å². The van der Waals surface area contributed by atoms with Gasteiger partial charge in [0.15, 0.2) is 6.73 Å². The van der Waals surface area contributed by atoms with Gasteiger partial charge in [-0.05, 0) is 30.3 Å². The molecular formula is C18H12N4O3S. The number of rotatable bonds is 4. The molecule has 0 saturated carbocycles. The van der Waals surface area contributed by atoms with Gasteiger partial charge in [0.25, 0.3) is 5.56 Å². The second-order valence-electron chi connectivity index (χ2n) is 5.36. The van der Waals surface area contributed by atoms with Crippen molar-refractivity contribution in [2.45, 2.75) is 6.73 Å². The van der Waals surface area contributed by atoms with E-state index in [1.807, 2.05) is 24.3 Å². The molecule has 0 spiro atoms. The Kier molecular flexibility index (Phi) is 4.24. The highest BCUT2D eigenvalue weighted by atomic mass is 32.1. The van der Waals surface area contributed by atoms with Crippen LogP contribution in [0.5, 0.6) is 0 Å². The van der Waals surface area contributed by atoms with Crippen LogP contribution in [0.1, 0.15) is 5.01 Å². The van der Waals surface area contributed by atoms with Crippen LogP contribution in [-0.2, 0) is 16.3 Å². The Balaban J connectivity index is 1.45. The average Bonchev–Trinajstić information content (AvgIpc) is 3.09. The van der Waals surface area contributed by atoms with Crippen LogP contribution in [0, 0.1) is 0 Å². The number of esters is 1. The summed E-state index contributed by atoms with van der Waals surface area (Å²) >= 11 is 1.47. The standard InChI is InChI=1S/C18H12N4O3S/c23-17(10-9-16-19-14-7-3-4-8-15(14)26-16)25-11-22-18(24)12-5-1-2-6-13(12)20-21-22/h1-10H,11H2/b10-9+. The molecule has 7 nitrogen and oxygen atoms in total. The SMILES string of the molecule is O=C(/C=C/c1nc2ccccc2s1)OCn1nnc2ccccc2c1=O. The Morgan fingerprint density at radius 3 is 2.73 bits per heavy atom. The van der Waals surface area contributed by atoms with Gasteiger partial charge in [-0.25, -0.2) is 9.78 Å². The predicted molar refractivity (Wildman–Crippen MR) is 98.5 cm³/mol. The minimum atomic E-state index is -0.592. The number of hydrogen-bond acceptors (Lipinski definition) is 7. The quantitative estimate of drug-likeness (QED) is 0.409. The zero-order chi connectivity index (χ0) is 17.9. The van der Waals surface area contributed by atoms with E-state index in [0.717, 1.165) is 14.9 Å². The average molecular weight is 364 g/mol. The molecule has 0 aliphatic heterocycles. The Hall–Kier alpha value is -3.39. The van der Waals surface area contributed by atoms with Crippen molar-refractivity contribution in [2.75, 3.05) is 0 Å². The summed E-state index contributed by atoms with van der Waals surface area (Å²) in [5, 5.41) is 8.82. The van der Waals surface area contributed by atoms with E-state index in [1.165, 1.54) is 17.4 Å². The molecule has 0 atom stereocenters. The molecule has 0 saturated heterocycles. The number of benzene rings is 2. The molecule has 2 heterocycles. The van der Waals surface area contributed by atoms with Gasteiger partial charge < -0.3 is 4.74 Å². The van der Waals surface area contributed by atoms with Gasteiger partial charge in [-0.1, -0.05) is 29.5 Å². The molecule has 26 heavy (non-hydrogen) atoms. The third-order valence-corrected chi connectivity index (χ3v) is 4.63. The highest BCUT2D eigenvalue weighted by Crippen LogP contribution is 2.22. The molecule has 0 fully saturated rings. The molecule has 0 N–H and O–H groups in total. The monoisotopic (exact) mass is 364 g/mol. The van der Waals surface area contributed by atoms with Gasteiger partial charge in [0.2, 0.25) is 0 Å². The molecule has 2 aromatic heterocycles. The molecular weight excluding hydrogens is 352 g/mol. The summed E-state index contributed by atoms with van der Waals surface area (Å²) < 4.78 is 7.11. The van der Waals surface area contributed by atoms with Crippen molar-refractivity contribution >= 4 is 44.5 Å². The molecule has 8 heteroatoms. The number of ether oxygens (including phenoxy) is 1. The van der Waals surface area contributed by atoms with Gasteiger partial charge in [-0.15, -0.1) is 16.4 Å². The number of nitrogens with zero attached hydrogens (tertiary/aromatic N) is 4. The van der Waals surface area contributed by atoms with Crippen LogP contribution in [-0.4, -0.2) is 25.9 Å². The van der Waals surface area contributed by atoms with Crippen molar-refractivity contribution in [1.82, 2.24) is 20.0 Å². The number of aromatic nitrogens is 4. The smallest absolute Gasteiger partial charge is 0.332 e. The first-order chi connectivity index (χ1) is 12.7. The fourth-order valence-electron chi connectivity index (χ4n) is 2.38. The van der Waals surface area contributed by atoms with Gasteiger partial charge >= 0.3 is 5.97 Å². The van der Waals surface area contributed by atoms with E-state index in [2.05, 4.69) is 15.3 Å². The number of carbonyl (C=O) groups is 1. The maximum absolute atomic E-state index is 12.3. The first-order valence-corrected chi connectivity index (χ1v) is 8.55. The Labute approximate surface area is 151 Å². The summed E-state index contributed by atoms with van der Waals surface area (Å²) in [6.07, 6.45) is 2.86. The number of carbonyl (C=O) groups excluding carboxylic acids is 1. The van der Waals surface area contributed by atoms with Crippen LogP contribution in [0.3, 0.4) is 0 Å². The van der Waals surface area contributed by atoms with Gasteiger partial charge in [-0.2, -0.15) is 4.68 Å². The van der Waals surface area contributed by atoms with Crippen molar-refractivity contribution in [3.8, 4) is 0 Å². The minimum Gasteiger partial charge on any atom is -0.439 e. The summed E-state index contributed by atoms with van der Waals surface area (Å²) in [5.41, 5.74) is 1.01. The van der Waals surface area contributed by atoms with E-state index in [4.69, 9.17) is 4.74 Å². The Morgan fingerprint density at radius 2 is 1.88 bits per heavy atom. The molecule has 0 unspecified atom stereocenters. The van der Waals surface area contributed by atoms with Gasteiger partial charge in [-0.3, -0.25) is 4.79 Å². The lowest BCUT2D eigenvalue weighted by atomic mass is 10.2. The summed E-state index contributed by atoms with van der Waals surface area (Å²) in [4.78, 5) is 28.5. The molecule has 0 amide bonds. The highest BCUT2D eigenvalue weighted by Gasteiger charge is 2.07. The number of fused-ring (bicyclic) bond motifs is 2. The summed E-state index contributed by atoms with van der Waals surface area (Å²) in [7, 11) is 0. The van der Waals surface area contributed by atoms with Crippen LogP contribution in [0.25, 0.3) is 27.2 Å². The van der Waals surface area contributed by atoms with Crippen molar-refractivity contribution in [3.05, 3.63) is 70.0 Å². The minimum absolute atomic E-state index is 0.306. The highest BCUT2D eigenvalue weighted by molar-refractivity contribution is 7.19. The lowest BCUT2D eigenvalue weighted by Crippen LogP contribution is -2.26. The first-order valence-electron chi connectivity index (χ1n) is 7.74. The van der Waals surface area contributed by atoms with Gasteiger partial charge in [0.05, 0.1) is 15.6 Å². The number of thiazole rings is 1. The van der Waals surface area contributed by atoms with E-state index < -0.39 is 5.97 Å². The van der Waals surface area contributed by atoms with Crippen molar-refractivity contribution in [1.29, 1.82) is 0 Å². The lowest BCUT2D eigenvalue weighted by Gasteiger charge is -2.04. The zero-order valence-electron chi connectivity index (χ0n) is 13.4. The van der Waals surface area contributed by atoms with Crippen LogP contribution in [0.15, 0.2) is 59.4 Å². The second kappa shape index (κ2) is 6.85. The van der Waals surface area contributed by atoms with Crippen molar-refractivity contribution in [2.24, 2.45) is 0 Å². The van der Waals surface area contributed by atoms with Gasteiger partial charge in [0.1, 0.15) is 10.5 Å². The topological polar surface area (TPSA) is 87.0 Å². The predicted octanol–water partition coefficient (Wildman–Crippen LogP) is 2.62. The van der Waals surface area contributed by atoms with Crippen LogP contribution in [0.2, 0.25) is 0 Å². The first kappa shape index (κ1) is 16.1. The third kappa shape index (κ3) is 3.22. The molecule has 0 aliphatic rings. The maximum atomic E-state index is 12.3.